The van der Waals surface area contributed by atoms with Crippen LogP contribution < -0.4 is 0 Å². The van der Waals surface area contributed by atoms with Gasteiger partial charge in [0.15, 0.2) is 0 Å². The summed E-state index contributed by atoms with van der Waals surface area (Å²) in [5.74, 6) is 1.02. The minimum absolute atomic E-state index is 0.0781. The first-order valence-corrected chi connectivity index (χ1v) is 7.29. The van der Waals surface area contributed by atoms with E-state index in [9.17, 15) is 0 Å². The van der Waals surface area contributed by atoms with Crippen LogP contribution in [-0.4, -0.2) is 18.3 Å². The molecule has 0 bridgehead atoms. The predicted molar refractivity (Wildman–Crippen MR) is 78.6 cm³/mol. The largest absolute Gasteiger partial charge is 0.461 e. The van der Waals surface area contributed by atoms with Crippen LogP contribution in [0.2, 0.25) is 10.8 Å². The minimum atomic E-state index is -0.231. The van der Waals surface area contributed by atoms with Gasteiger partial charge in [-0.25, -0.2) is 0 Å². The van der Waals surface area contributed by atoms with Crippen LogP contribution >= 0.6 is 11.6 Å². The molecule has 2 atom stereocenters. The van der Waals surface area contributed by atoms with Crippen molar-refractivity contribution in [2.45, 2.75) is 57.1 Å². The van der Waals surface area contributed by atoms with Gasteiger partial charge in [0.05, 0.1) is 11.2 Å². The SMILES string of the molecule is CC1(C)OB([C@@H]2C[C@H]2c2ccc(Cl)cc2)OC1(C)C. The Morgan fingerprint density at radius 3 is 2.11 bits per heavy atom. The maximum atomic E-state index is 6.12. The standard InChI is InChI=1S/C15H20BClO2/c1-14(2)15(3,4)19-16(18-14)13-9-12(13)10-5-7-11(17)8-6-10/h5-8,12-13H,9H2,1-4H3/t12-,13+/m0/s1. The Balaban J connectivity index is 1.70. The Hall–Kier alpha value is -0.505. The van der Waals surface area contributed by atoms with E-state index in [-0.39, 0.29) is 18.3 Å². The molecule has 0 aromatic heterocycles. The second-order valence-corrected chi connectivity index (χ2v) is 7.12. The topological polar surface area (TPSA) is 18.5 Å². The van der Waals surface area contributed by atoms with Crippen molar-refractivity contribution in [2.75, 3.05) is 0 Å². The highest BCUT2D eigenvalue weighted by Gasteiger charge is 2.59. The average Bonchev–Trinajstić information content (AvgIpc) is 3.04. The van der Waals surface area contributed by atoms with Crippen molar-refractivity contribution in [1.82, 2.24) is 0 Å². The first-order chi connectivity index (χ1) is 8.80. The van der Waals surface area contributed by atoms with Gasteiger partial charge in [0.2, 0.25) is 0 Å². The van der Waals surface area contributed by atoms with E-state index in [4.69, 9.17) is 20.9 Å². The summed E-state index contributed by atoms with van der Waals surface area (Å²) in [5, 5.41) is 0.789. The molecule has 1 aromatic carbocycles. The summed E-state index contributed by atoms with van der Waals surface area (Å²) in [7, 11) is -0.0781. The van der Waals surface area contributed by atoms with Gasteiger partial charge in [0.1, 0.15) is 0 Å². The van der Waals surface area contributed by atoms with Crippen molar-refractivity contribution in [3.05, 3.63) is 34.9 Å². The maximum absolute atomic E-state index is 6.12. The highest BCUT2D eigenvalue weighted by molar-refractivity contribution is 6.49. The molecule has 1 saturated carbocycles. The van der Waals surface area contributed by atoms with Crippen molar-refractivity contribution in [3.8, 4) is 0 Å². The number of halogens is 1. The van der Waals surface area contributed by atoms with Gasteiger partial charge in [-0.3, -0.25) is 0 Å². The highest BCUT2D eigenvalue weighted by Crippen LogP contribution is 2.58. The lowest BCUT2D eigenvalue weighted by Crippen LogP contribution is -2.41. The fraction of sp³-hybridized carbons (Fsp3) is 0.600. The fourth-order valence-corrected chi connectivity index (χ4v) is 2.80. The van der Waals surface area contributed by atoms with Crippen LogP contribution in [0.15, 0.2) is 24.3 Å². The van der Waals surface area contributed by atoms with Crippen LogP contribution in [-0.2, 0) is 9.31 Å². The maximum Gasteiger partial charge on any atom is 0.461 e. The quantitative estimate of drug-likeness (QED) is 0.751. The normalized spacial score (nSPS) is 31.5. The van der Waals surface area contributed by atoms with E-state index in [0.29, 0.717) is 11.7 Å². The molecule has 102 valence electrons. The minimum Gasteiger partial charge on any atom is -0.403 e. The van der Waals surface area contributed by atoms with E-state index in [2.05, 4.69) is 39.8 Å². The van der Waals surface area contributed by atoms with Gasteiger partial charge in [-0.15, -0.1) is 0 Å². The van der Waals surface area contributed by atoms with E-state index in [0.717, 1.165) is 11.4 Å². The summed E-state index contributed by atoms with van der Waals surface area (Å²) in [6, 6.07) is 8.13. The van der Waals surface area contributed by atoms with Gasteiger partial charge in [0, 0.05) is 10.8 Å². The third-order valence-electron chi connectivity index (χ3n) is 4.76. The van der Waals surface area contributed by atoms with E-state index in [1.807, 2.05) is 12.1 Å². The first kappa shape index (κ1) is 13.5. The highest BCUT2D eigenvalue weighted by atomic mass is 35.5. The van der Waals surface area contributed by atoms with Gasteiger partial charge >= 0.3 is 7.12 Å². The van der Waals surface area contributed by atoms with Crippen molar-refractivity contribution in [1.29, 1.82) is 0 Å². The Morgan fingerprint density at radius 1 is 1.05 bits per heavy atom. The monoisotopic (exact) mass is 278 g/mol. The molecule has 19 heavy (non-hydrogen) atoms. The Labute approximate surface area is 120 Å². The first-order valence-electron chi connectivity index (χ1n) is 6.91. The number of rotatable bonds is 2. The third-order valence-corrected chi connectivity index (χ3v) is 5.01. The second kappa shape index (κ2) is 4.24. The molecule has 0 unspecified atom stereocenters. The zero-order valence-electron chi connectivity index (χ0n) is 11.9. The molecule has 1 aliphatic heterocycles. The number of hydrogen-bond acceptors (Lipinski definition) is 2. The van der Waals surface area contributed by atoms with E-state index in [1.165, 1.54) is 5.56 Å². The Morgan fingerprint density at radius 2 is 1.58 bits per heavy atom. The number of hydrogen-bond donors (Lipinski definition) is 0. The summed E-state index contributed by atoms with van der Waals surface area (Å²) in [6.07, 6.45) is 1.14. The molecule has 0 amide bonds. The fourth-order valence-electron chi connectivity index (χ4n) is 2.67. The molecular formula is C15H20BClO2. The Bertz CT molecular complexity index is 467. The molecule has 0 N–H and O–H groups in total. The van der Waals surface area contributed by atoms with Crippen molar-refractivity contribution < 1.29 is 9.31 Å². The van der Waals surface area contributed by atoms with Crippen molar-refractivity contribution in [3.63, 3.8) is 0 Å². The zero-order chi connectivity index (χ0) is 13.8. The van der Waals surface area contributed by atoms with E-state index in [1.54, 1.807) is 0 Å². The summed E-state index contributed by atoms with van der Waals surface area (Å²) in [4.78, 5) is 0. The molecule has 1 aliphatic carbocycles. The molecule has 3 rings (SSSR count). The van der Waals surface area contributed by atoms with Crippen LogP contribution in [0.3, 0.4) is 0 Å². The van der Waals surface area contributed by atoms with E-state index < -0.39 is 0 Å². The Kier molecular flexibility index (Phi) is 3.01. The molecular weight excluding hydrogens is 258 g/mol. The molecule has 0 spiro atoms. The van der Waals surface area contributed by atoms with Gasteiger partial charge in [-0.1, -0.05) is 23.7 Å². The van der Waals surface area contributed by atoms with Crippen molar-refractivity contribution >= 4 is 18.7 Å². The van der Waals surface area contributed by atoms with Gasteiger partial charge < -0.3 is 9.31 Å². The van der Waals surface area contributed by atoms with Crippen LogP contribution in [0.25, 0.3) is 0 Å². The summed E-state index contributed by atoms with van der Waals surface area (Å²) < 4.78 is 12.2. The van der Waals surface area contributed by atoms with Crippen LogP contribution in [0.4, 0.5) is 0 Å². The average molecular weight is 279 g/mol. The molecule has 4 heteroatoms. The lowest BCUT2D eigenvalue weighted by Gasteiger charge is -2.32. The summed E-state index contributed by atoms with van der Waals surface area (Å²) in [6.45, 7) is 8.42. The van der Waals surface area contributed by atoms with Crippen LogP contribution in [0.5, 0.6) is 0 Å². The molecule has 2 aliphatic rings. The van der Waals surface area contributed by atoms with E-state index >= 15 is 0 Å². The molecule has 1 saturated heterocycles. The molecule has 2 fully saturated rings. The van der Waals surface area contributed by atoms with Crippen molar-refractivity contribution in [2.24, 2.45) is 0 Å². The van der Waals surface area contributed by atoms with Crippen LogP contribution in [0.1, 0.15) is 45.6 Å². The van der Waals surface area contributed by atoms with Gasteiger partial charge in [-0.05, 0) is 57.7 Å². The van der Waals surface area contributed by atoms with Gasteiger partial charge in [0.25, 0.3) is 0 Å². The zero-order valence-corrected chi connectivity index (χ0v) is 12.7. The lowest BCUT2D eigenvalue weighted by atomic mass is 9.79. The molecule has 2 nitrogen and oxygen atoms in total. The predicted octanol–water partition coefficient (Wildman–Crippen LogP) is 4.29. The smallest absolute Gasteiger partial charge is 0.403 e. The third kappa shape index (κ3) is 2.33. The summed E-state index contributed by atoms with van der Waals surface area (Å²) in [5.41, 5.74) is 0.874. The van der Waals surface area contributed by atoms with Gasteiger partial charge in [-0.2, -0.15) is 0 Å². The summed E-state index contributed by atoms with van der Waals surface area (Å²) >= 11 is 5.93. The lowest BCUT2D eigenvalue weighted by molar-refractivity contribution is 0.00578. The molecule has 1 heterocycles. The van der Waals surface area contributed by atoms with Crippen LogP contribution in [0, 0.1) is 0 Å². The second-order valence-electron chi connectivity index (χ2n) is 6.68. The molecule has 1 aromatic rings. The molecule has 0 radical (unpaired) electrons. The number of benzene rings is 1.